The summed E-state index contributed by atoms with van der Waals surface area (Å²) in [5.74, 6) is -0.412. The molecule has 8 heteroatoms. The molecule has 0 aromatic heterocycles. The standard InChI is InChI=1S/C13H27N3O4S/c1-4-8-16-10-5-12(6-11-16)14-21(18,19)15(2)9-7-13(17)20-3/h12,14H,4-11H2,1-3H3. The molecule has 1 saturated heterocycles. The molecule has 0 saturated carbocycles. The zero-order chi connectivity index (χ0) is 15.9. The van der Waals surface area contributed by atoms with Crippen LogP contribution in [0, 0.1) is 0 Å². The quantitative estimate of drug-likeness (QED) is 0.646. The van der Waals surface area contributed by atoms with E-state index in [1.807, 2.05) is 0 Å². The number of esters is 1. The summed E-state index contributed by atoms with van der Waals surface area (Å²) in [7, 11) is -0.776. The molecule has 124 valence electrons. The van der Waals surface area contributed by atoms with Gasteiger partial charge in [-0.1, -0.05) is 6.92 Å². The Morgan fingerprint density at radius 2 is 2.00 bits per heavy atom. The van der Waals surface area contributed by atoms with Crippen LogP contribution in [0.25, 0.3) is 0 Å². The van der Waals surface area contributed by atoms with E-state index in [2.05, 4.69) is 21.3 Å². The molecule has 0 bridgehead atoms. The first-order valence-corrected chi connectivity index (χ1v) is 8.85. The van der Waals surface area contributed by atoms with Gasteiger partial charge in [0.1, 0.15) is 0 Å². The van der Waals surface area contributed by atoms with Gasteiger partial charge in [0, 0.05) is 19.6 Å². The number of piperidine rings is 1. The second kappa shape index (κ2) is 8.67. The monoisotopic (exact) mass is 321 g/mol. The Hall–Kier alpha value is -0.700. The molecule has 0 spiro atoms. The summed E-state index contributed by atoms with van der Waals surface area (Å²) >= 11 is 0. The zero-order valence-electron chi connectivity index (χ0n) is 13.2. The summed E-state index contributed by atoms with van der Waals surface area (Å²) < 4.78 is 32.7. The Labute approximate surface area is 127 Å². The van der Waals surface area contributed by atoms with Crippen LogP contribution in [0.5, 0.6) is 0 Å². The molecule has 0 aromatic rings. The number of likely N-dealkylation sites (tertiary alicyclic amines) is 1. The van der Waals surface area contributed by atoms with E-state index in [9.17, 15) is 13.2 Å². The van der Waals surface area contributed by atoms with Crippen LogP contribution in [-0.4, -0.2) is 70.0 Å². The van der Waals surface area contributed by atoms with Crippen molar-refractivity contribution < 1.29 is 17.9 Å². The van der Waals surface area contributed by atoms with Crippen LogP contribution in [0.2, 0.25) is 0 Å². The maximum Gasteiger partial charge on any atom is 0.306 e. The fourth-order valence-electron chi connectivity index (χ4n) is 2.36. The van der Waals surface area contributed by atoms with E-state index in [0.717, 1.165) is 38.9 Å². The van der Waals surface area contributed by atoms with Crippen LogP contribution in [0.15, 0.2) is 0 Å². The molecule has 0 amide bonds. The lowest BCUT2D eigenvalue weighted by molar-refractivity contribution is -0.140. The molecule has 21 heavy (non-hydrogen) atoms. The predicted molar refractivity (Wildman–Crippen MR) is 81.1 cm³/mol. The summed E-state index contributed by atoms with van der Waals surface area (Å²) in [6, 6.07) is -0.0244. The average Bonchev–Trinajstić information content (AvgIpc) is 2.46. The summed E-state index contributed by atoms with van der Waals surface area (Å²) in [6.45, 7) is 5.18. The Kier molecular flexibility index (Phi) is 7.58. The maximum atomic E-state index is 12.2. The first kappa shape index (κ1) is 18.3. The van der Waals surface area contributed by atoms with Crippen LogP contribution >= 0.6 is 0 Å². The molecule has 0 atom stereocenters. The molecule has 1 N–H and O–H groups in total. The van der Waals surface area contributed by atoms with E-state index in [0.29, 0.717) is 0 Å². The molecule has 0 radical (unpaired) electrons. The molecule has 0 unspecified atom stereocenters. The number of nitrogens with one attached hydrogen (secondary N) is 1. The Bertz CT molecular complexity index is 419. The zero-order valence-corrected chi connectivity index (χ0v) is 14.0. The highest BCUT2D eigenvalue weighted by Gasteiger charge is 2.26. The van der Waals surface area contributed by atoms with E-state index in [-0.39, 0.29) is 19.0 Å². The SMILES string of the molecule is CCCN1CCC(NS(=O)(=O)N(C)CCC(=O)OC)CC1. The molecule has 0 aromatic carbocycles. The summed E-state index contributed by atoms with van der Waals surface area (Å²) in [5, 5.41) is 0. The van der Waals surface area contributed by atoms with Crippen LogP contribution in [0.4, 0.5) is 0 Å². The second-order valence-corrected chi connectivity index (χ2v) is 7.20. The number of ether oxygens (including phenoxy) is 1. The molecule has 1 heterocycles. The number of carbonyl (C=O) groups is 1. The van der Waals surface area contributed by atoms with Crippen molar-refractivity contribution in [1.29, 1.82) is 0 Å². The van der Waals surface area contributed by atoms with Gasteiger partial charge >= 0.3 is 5.97 Å². The molecular weight excluding hydrogens is 294 g/mol. The van der Waals surface area contributed by atoms with E-state index in [1.165, 1.54) is 18.5 Å². The van der Waals surface area contributed by atoms with E-state index < -0.39 is 16.2 Å². The Morgan fingerprint density at radius 1 is 1.38 bits per heavy atom. The van der Waals surface area contributed by atoms with Gasteiger partial charge in [-0.2, -0.15) is 17.4 Å². The fourth-order valence-corrected chi connectivity index (χ4v) is 3.53. The van der Waals surface area contributed by atoms with Crippen molar-refractivity contribution in [2.75, 3.05) is 40.3 Å². The van der Waals surface area contributed by atoms with E-state index >= 15 is 0 Å². The largest absolute Gasteiger partial charge is 0.469 e. The maximum absolute atomic E-state index is 12.2. The van der Waals surface area contributed by atoms with Crippen LogP contribution in [0.1, 0.15) is 32.6 Å². The minimum absolute atomic E-state index is 0.0244. The first-order valence-electron chi connectivity index (χ1n) is 7.41. The summed E-state index contributed by atoms with van der Waals surface area (Å²) in [5.41, 5.74) is 0. The third kappa shape index (κ3) is 6.29. The summed E-state index contributed by atoms with van der Waals surface area (Å²) in [6.07, 6.45) is 2.82. The topological polar surface area (TPSA) is 79.0 Å². The van der Waals surface area contributed by atoms with E-state index in [1.54, 1.807) is 0 Å². The minimum Gasteiger partial charge on any atom is -0.469 e. The van der Waals surface area contributed by atoms with Gasteiger partial charge in [-0.3, -0.25) is 4.79 Å². The third-order valence-corrected chi connectivity index (χ3v) is 5.35. The first-order chi connectivity index (χ1) is 9.89. The number of hydrogen-bond donors (Lipinski definition) is 1. The summed E-state index contributed by atoms with van der Waals surface area (Å²) in [4.78, 5) is 13.4. The van der Waals surface area contributed by atoms with Crippen molar-refractivity contribution in [2.45, 2.75) is 38.6 Å². The van der Waals surface area contributed by atoms with Crippen molar-refractivity contribution >= 4 is 16.2 Å². The normalized spacial score (nSPS) is 18.1. The number of nitrogens with zero attached hydrogens (tertiary/aromatic N) is 2. The van der Waals surface area contributed by atoms with Crippen molar-refractivity contribution in [3.05, 3.63) is 0 Å². The second-order valence-electron chi connectivity index (χ2n) is 5.39. The molecule has 1 aliphatic heterocycles. The molecule has 1 fully saturated rings. The van der Waals surface area contributed by atoms with E-state index in [4.69, 9.17) is 0 Å². The van der Waals surface area contributed by atoms with Gasteiger partial charge in [0.05, 0.1) is 13.5 Å². The van der Waals surface area contributed by atoms with Gasteiger partial charge in [-0.15, -0.1) is 0 Å². The van der Waals surface area contributed by atoms with Crippen molar-refractivity contribution in [3.8, 4) is 0 Å². The molecule has 0 aliphatic carbocycles. The van der Waals surface area contributed by atoms with Gasteiger partial charge in [0.2, 0.25) is 0 Å². The highest BCUT2D eigenvalue weighted by atomic mass is 32.2. The number of rotatable bonds is 8. The van der Waals surface area contributed by atoms with Gasteiger partial charge < -0.3 is 9.64 Å². The number of methoxy groups -OCH3 is 1. The Balaban J connectivity index is 2.40. The van der Waals surface area contributed by atoms with Crippen molar-refractivity contribution in [1.82, 2.24) is 13.9 Å². The third-order valence-electron chi connectivity index (χ3n) is 3.71. The fraction of sp³-hybridized carbons (Fsp3) is 0.923. The van der Waals surface area contributed by atoms with Crippen molar-refractivity contribution in [2.24, 2.45) is 0 Å². The molecular formula is C13H27N3O4S. The van der Waals surface area contributed by atoms with Gasteiger partial charge in [-0.25, -0.2) is 0 Å². The highest BCUT2D eigenvalue weighted by molar-refractivity contribution is 7.87. The highest BCUT2D eigenvalue weighted by Crippen LogP contribution is 2.12. The lowest BCUT2D eigenvalue weighted by Crippen LogP contribution is -2.49. The van der Waals surface area contributed by atoms with Crippen LogP contribution in [-0.2, 0) is 19.7 Å². The number of hydrogen-bond acceptors (Lipinski definition) is 5. The van der Waals surface area contributed by atoms with Crippen LogP contribution < -0.4 is 4.72 Å². The van der Waals surface area contributed by atoms with Gasteiger partial charge in [0.25, 0.3) is 10.2 Å². The Morgan fingerprint density at radius 3 is 2.52 bits per heavy atom. The lowest BCUT2D eigenvalue weighted by atomic mass is 10.1. The minimum atomic E-state index is -3.54. The van der Waals surface area contributed by atoms with Gasteiger partial charge in [0.15, 0.2) is 0 Å². The van der Waals surface area contributed by atoms with Gasteiger partial charge in [-0.05, 0) is 38.9 Å². The molecule has 1 rings (SSSR count). The van der Waals surface area contributed by atoms with Crippen LogP contribution in [0.3, 0.4) is 0 Å². The van der Waals surface area contributed by atoms with Crippen molar-refractivity contribution in [3.63, 3.8) is 0 Å². The lowest BCUT2D eigenvalue weighted by Gasteiger charge is -2.32. The average molecular weight is 321 g/mol. The predicted octanol–water partition coefficient (Wildman–Crippen LogP) is 0.190. The molecule has 7 nitrogen and oxygen atoms in total. The smallest absolute Gasteiger partial charge is 0.306 e. The molecule has 1 aliphatic rings. The number of carbonyl (C=O) groups excluding carboxylic acids is 1.